The quantitative estimate of drug-likeness (QED) is 0.925. The predicted molar refractivity (Wildman–Crippen MR) is 80.0 cm³/mol. The van der Waals surface area contributed by atoms with Crippen molar-refractivity contribution in [3.63, 3.8) is 0 Å². The van der Waals surface area contributed by atoms with Crippen LogP contribution in [0.15, 0.2) is 42.6 Å². The molecular formula is C14H11ClN2O2S. The van der Waals surface area contributed by atoms with Crippen LogP contribution in [-0.4, -0.2) is 21.8 Å². The lowest BCUT2D eigenvalue weighted by Crippen LogP contribution is -2.28. The molecule has 3 rings (SSSR count). The minimum atomic E-state index is -0.226. The minimum Gasteiger partial charge on any atom is -0.506 e. The molecule has 1 fully saturated rings. The molecule has 1 N–H and O–H groups in total. The molecule has 2 aromatic rings. The van der Waals surface area contributed by atoms with Gasteiger partial charge in [0.05, 0.1) is 17.1 Å². The maximum atomic E-state index is 12.1. The van der Waals surface area contributed by atoms with Crippen LogP contribution in [0.2, 0.25) is 5.02 Å². The van der Waals surface area contributed by atoms with Crippen LogP contribution in [-0.2, 0) is 4.79 Å². The number of hydrogen-bond acceptors (Lipinski definition) is 4. The second kappa shape index (κ2) is 5.34. The molecule has 0 radical (unpaired) electrons. The molecule has 1 saturated heterocycles. The Labute approximate surface area is 125 Å². The molecular weight excluding hydrogens is 296 g/mol. The van der Waals surface area contributed by atoms with Crippen LogP contribution in [0.4, 0.5) is 5.69 Å². The summed E-state index contributed by atoms with van der Waals surface area (Å²) in [4.78, 5) is 18.0. The first-order valence-electron chi connectivity index (χ1n) is 6.00. The highest BCUT2D eigenvalue weighted by molar-refractivity contribution is 8.00. The van der Waals surface area contributed by atoms with Crippen molar-refractivity contribution in [3.8, 4) is 5.75 Å². The summed E-state index contributed by atoms with van der Waals surface area (Å²) in [6.45, 7) is 0. The van der Waals surface area contributed by atoms with E-state index in [4.69, 9.17) is 11.6 Å². The maximum absolute atomic E-state index is 12.1. The molecule has 2 heterocycles. The number of thioether (sulfide) groups is 1. The number of phenols is 1. The SMILES string of the molecule is O=C1CSC(c2ccccn2)N1c1ccc(Cl)cc1O. The van der Waals surface area contributed by atoms with E-state index in [1.807, 2.05) is 18.2 Å². The number of carbonyl (C=O) groups is 1. The van der Waals surface area contributed by atoms with Crippen LogP contribution in [0.3, 0.4) is 0 Å². The number of aromatic hydroxyl groups is 1. The molecule has 1 aliphatic heterocycles. The van der Waals surface area contributed by atoms with Crippen LogP contribution < -0.4 is 4.90 Å². The number of halogens is 1. The summed E-state index contributed by atoms with van der Waals surface area (Å²) < 4.78 is 0. The van der Waals surface area contributed by atoms with Crippen molar-refractivity contribution in [2.24, 2.45) is 0 Å². The van der Waals surface area contributed by atoms with Crippen molar-refractivity contribution in [2.75, 3.05) is 10.7 Å². The second-order valence-corrected chi connectivity index (χ2v) is 5.82. The zero-order chi connectivity index (χ0) is 14.1. The normalized spacial score (nSPS) is 18.6. The molecule has 1 aromatic carbocycles. The fraction of sp³-hybridized carbons (Fsp3) is 0.143. The largest absolute Gasteiger partial charge is 0.506 e. The fourth-order valence-electron chi connectivity index (χ4n) is 2.13. The summed E-state index contributed by atoms with van der Waals surface area (Å²) in [7, 11) is 0. The van der Waals surface area contributed by atoms with Gasteiger partial charge in [-0.1, -0.05) is 17.7 Å². The van der Waals surface area contributed by atoms with E-state index in [1.165, 1.54) is 17.8 Å². The highest BCUT2D eigenvalue weighted by Crippen LogP contribution is 2.44. The van der Waals surface area contributed by atoms with Crippen LogP contribution >= 0.6 is 23.4 Å². The first kappa shape index (κ1) is 13.3. The summed E-state index contributed by atoms with van der Waals surface area (Å²) in [5.41, 5.74) is 1.25. The summed E-state index contributed by atoms with van der Waals surface area (Å²) in [5, 5.41) is 10.2. The molecule has 20 heavy (non-hydrogen) atoms. The third-order valence-electron chi connectivity index (χ3n) is 3.01. The Morgan fingerprint density at radius 3 is 2.90 bits per heavy atom. The predicted octanol–water partition coefficient (Wildman–Crippen LogP) is 3.22. The Kier molecular flexibility index (Phi) is 3.54. The fourth-order valence-corrected chi connectivity index (χ4v) is 3.42. The van der Waals surface area contributed by atoms with Crippen LogP contribution in [0, 0.1) is 0 Å². The summed E-state index contributed by atoms with van der Waals surface area (Å²) in [5.74, 6) is 0.307. The molecule has 1 aromatic heterocycles. The molecule has 1 atom stereocenters. The van der Waals surface area contributed by atoms with Gasteiger partial charge in [0.15, 0.2) is 0 Å². The molecule has 0 aliphatic carbocycles. The van der Waals surface area contributed by atoms with E-state index in [1.54, 1.807) is 23.2 Å². The Balaban J connectivity index is 2.03. The summed E-state index contributed by atoms with van der Waals surface area (Å²) in [6, 6.07) is 10.3. The first-order valence-corrected chi connectivity index (χ1v) is 7.42. The van der Waals surface area contributed by atoms with Crippen LogP contribution in [0.5, 0.6) is 5.75 Å². The molecule has 0 bridgehead atoms. The highest BCUT2D eigenvalue weighted by atomic mass is 35.5. The van der Waals surface area contributed by atoms with Gasteiger partial charge in [-0.3, -0.25) is 14.7 Å². The standard InChI is InChI=1S/C14H11ClN2O2S/c15-9-4-5-11(12(18)7-9)17-13(19)8-20-14(17)10-3-1-2-6-16-10/h1-7,14,18H,8H2. The number of aromatic nitrogens is 1. The van der Waals surface area contributed by atoms with Gasteiger partial charge in [0.1, 0.15) is 11.1 Å². The van der Waals surface area contributed by atoms with Gasteiger partial charge in [0.2, 0.25) is 5.91 Å². The van der Waals surface area contributed by atoms with E-state index in [0.717, 1.165) is 5.69 Å². The number of amides is 1. The van der Waals surface area contributed by atoms with Crippen molar-refractivity contribution >= 4 is 35.0 Å². The number of carbonyl (C=O) groups excluding carboxylic acids is 1. The highest BCUT2D eigenvalue weighted by Gasteiger charge is 2.36. The third-order valence-corrected chi connectivity index (χ3v) is 4.42. The zero-order valence-corrected chi connectivity index (χ0v) is 11.9. The summed E-state index contributed by atoms with van der Waals surface area (Å²) >= 11 is 7.32. The third kappa shape index (κ3) is 2.34. The summed E-state index contributed by atoms with van der Waals surface area (Å²) in [6.07, 6.45) is 1.69. The second-order valence-electron chi connectivity index (χ2n) is 4.31. The number of anilines is 1. The Hall–Kier alpha value is -1.72. The van der Waals surface area contributed by atoms with Crippen LogP contribution in [0.1, 0.15) is 11.1 Å². The van der Waals surface area contributed by atoms with Gasteiger partial charge in [0, 0.05) is 17.3 Å². The van der Waals surface area contributed by atoms with E-state index in [9.17, 15) is 9.90 Å². The number of nitrogens with zero attached hydrogens (tertiary/aromatic N) is 2. The topological polar surface area (TPSA) is 53.4 Å². The van der Waals surface area contributed by atoms with Crippen molar-refractivity contribution < 1.29 is 9.90 Å². The lowest BCUT2D eigenvalue weighted by molar-refractivity contribution is -0.115. The Morgan fingerprint density at radius 1 is 1.35 bits per heavy atom. The Morgan fingerprint density at radius 2 is 2.20 bits per heavy atom. The molecule has 1 unspecified atom stereocenters. The lowest BCUT2D eigenvalue weighted by Gasteiger charge is -2.24. The van der Waals surface area contributed by atoms with Gasteiger partial charge in [-0.2, -0.15) is 0 Å². The van der Waals surface area contributed by atoms with E-state index in [2.05, 4.69) is 4.98 Å². The van der Waals surface area contributed by atoms with E-state index in [-0.39, 0.29) is 17.0 Å². The van der Waals surface area contributed by atoms with Gasteiger partial charge < -0.3 is 5.11 Å². The lowest BCUT2D eigenvalue weighted by atomic mass is 10.2. The minimum absolute atomic E-state index is 0.00530. The van der Waals surface area contributed by atoms with Crippen molar-refractivity contribution in [1.82, 2.24) is 4.98 Å². The maximum Gasteiger partial charge on any atom is 0.238 e. The number of rotatable bonds is 2. The molecule has 1 aliphatic rings. The van der Waals surface area contributed by atoms with E-state index in [0.29, 0.717) is 16.5 Å². The number of phenolic OH excluding ortho intramolecular Hbond substituents is 1. The molecule has 102 valence electrons. The van der Waals surface area contributed by atoms with Crippen molar-refractivity contribution in [1.29, 1.82) is 0 Å². The number of benzene rings is 1. The van der Waals surface area contributed by atoms with Crippen LogP contribution in [0.25, 0.3) is 0 Å². The molecule has 0 spiro atoms. The van der Waals surface area contributed by atoms with E-state index < -0.39 is 0 Å². The molecule has 6 heteroatoms. The van der Waals surface area contributed by atoms with Gasteiger partial charge in [-0.05, 0) is 24.3 Å². The van der Waals surface area contributed by atoms with Gasteiger partial charge in [-0.25, -0.2) is 0 Å². The average Bonchev–Trinajstić information content (AvgIpc) is 2.82. The van der Waals surface area contributed by atoms with Gasteiger partial charge in [0.25, 0.3) is 0 Å². The van der Waals surface area contributed by atoms with Crippen molar-refractivity contribution in [3.05, 3.63) is 53.3 Å². The van der Waals surface area contributed by atoms with Gasteiger partial charge in [-0.15, -0.1) is 11.8 Å². The van der Waals surface area contributed by atoms with Gasteiger partial charge >= 0.3 is 0 Å². The molecule has 1 amide bonds. The van der Waals surface area contributed by atoms with Crippen molar-refractivity contribution in [2.45, 2.75) is 5.37 Å². The zero-order valence-electron chi connectivity index (χ0n) is 10.4. The Bertz CT molecular complexity index is 651. The average molecular weight is 307 g/mol. The number of hydrogen-bond donors (Lipinski definition) is 1. The molecule has 0 saturated carbocycles. The smallest absolute Gasteiger partial charge is 0.238 e. The first-order chi connectivity index (χ1) is 9.66. The number of pyridine rings is 1. The monoisotopic (exact) mass is 306 g/mol. The van der Waals surface area contributed by atoms with E-state index >= 15 is 0 Å². The molecule has 4 nitrogen and oxygen atoms in total.